The number of halogens is 4. The number of nitrogens with one attached hydrogen (secondary N) is 1. The lowest BCUT2D eigenvalue weighted by Crippen LogP contribution is -2.46. The number of alkyl halides is 3. The van der Waals surface area contributed by atoms with Crippen LogP contribution in [0.1, 0.15) is 56.4 Å². The van der Waals surface area contributed by atoms with Crippen LogP contribution in [0.25, 0.3) is 11.3 Å². The number of hydrogen-bond acceptors (Lipinski definition) is 2. The molecule has 1 heterocycles. The molecule has 1 aromatic carbocycles. The van der Waals surface area contributed by atoms with Gasteiger partial charge in [0.05, 0.1) is 11.1 Å². The lowest BCUT2D eigenvalue weighted by atomic mass is 9.66. The summed E-state index contributed by atoms with van der Waals surface area (Å²) in [7, 11) is 1.72. The zero-order chi connectivity index (χ0) is 20.8. The van der Waals surface area contributed by atoms with E-state index in [1.165, 1.54) is 12.1 Å². The first-order valence-electron chi connectivity index (χ1n) is 9.90. The van der Waals surface area contributed by atoms with Gasteiger partial charge < -0.3 is 5.32 Å². The molecule has 0 bridgehead atoms. The quantitative estimate of drug-likeness (QED) is 0.658. The number of anilines is 1. The number of aryl methyl sites for hydroxylation is 1. The summed E-state index contributed by atoms with van der Waals surface area (Å²) in [5, 5.41) is 7.05. The number of benzene rings is 1. The molecule has 29 heavy (non-hydrogen) atoms. The highest BCUT2D eigenvalue weighted by atomic mass is 19.4. The Morgan fingerprint density at radius 2 is 1.86 bits per heavy atom. The van der Waals surface area contributed by atoms with Gasteiger partial charge in [-0.15, -0.1) is 0 Å². The van der Waals surface area contributed by atoms with Gasteiger partial charge in [-0.1, -0.05) is 12.8 Å². The molecule has 156 valence electrons. The summed E-state index contributed by atoms with van der Waals surface area (Å²) in [6, 6.07) is 6.00. The van der Waals surface area contributed by atoms with Crippen LogP contribution >= 0.6 is 0 Å². The number of hydrogen-bond donors (Lipinski definition) is 1. The van der Waals surface area contributed by atoms with E-state index < -0.39 is 23.9 Å². The average Bonchev–Trinajstić information content (AvgIpc) is 2.85. The highest BCUT2D eigenvalue weighted by Gasteiger charge is 2.58. The molecule has 8 heteroatoms. The van der Waals surface area contributed by atoms with Gasteiger partial charge in [0.2, 0.25) is 5.91 Å². The Bertz CT molecular complexity index is 909. The van der Waals surface area contributed by atoms with E-state index in [1.807, 2.05) is 0 Å². The first kappa shape index (κ1) is 19.9. The van der Waals surface area contributed by atoms with Crippen molar-refractivity contribution in [2.75, 3.05) is 5.32 Å². The molecule has 0 atom stereocenters. The number of carbonyl (C=O) groups is 1. The largest absolute Gasteiger partial charge is 0.395 e. The number of amides is 1. The van der Waals surface area contributed by atoms with Crippen molar-refractivity contribution < 1.29 is 22.4 Å². The van der Waals surface area contributed by atoms with Crippen LogP contribution in [0.2, 0.25) is 0 Å². The van der Waals surface area contributed by atoms with Gasteiger partial charge in [0, 0.05) is 24.6 Å². The molecule has 2 aromatic rings. The highest BCUT2D eigenvalue weighted by Crippen LogP contribution is 2.55. The third-order valence-corrected chi connectivity index (χ3v) is 6.38. The molecular formula is C21H23F4N3O. The van der Waals surface area contributed by atoms with Gasteiger partial charge in [0.25, 0.3) is 0 Å². The van der Waals surface area contributed by atoms with Gasteiger partial charge >= 0.3 is 6.18 Å². The fraction of sp³-hybridized carbons (Fsp3) is 0.524. The van der Waals surface area contributed by atoms with Crippen LogP contribution in [0.5, 0.6) is 0 Å². The Kier molecular flexibility index (Phi) is 4.91. The van der Waals surface area contributed by atoms with Crippen LogP contribution in [-0.2, 0) is 11.8 Å². The maximum atomic E-state index is 13.4. The van der Waals surface area contributed by atoms with E-state index in [9.17, 15) is 22.4 Å². The van der Waals surface area contributed by atoms with E-state index >= 15 is 0 Å². The molecule has 0 aliphatic heterocycles. The van der Waals surface area contributed by atoms with Gasteiger partial charge in [-0.25, -0.2) is 4.39 Å². The Hall–Kier alpha value is -2.38. The van der Waals surface area contributed by atoms with Gasteiger partial charge in [0.15, 0.2) is 5.82 Å². The van der Waals surface area contributed by atoms with Crippen molar-refractivity contribution in [3.63, 3.8) is 0 Å². The third-order valence-electron chi connectivity index (χ3n) is 6.38. The minimum absolute atomic E-state index is 0.0115. The van der Waals surface area contributed by atoms with Crippen LogP contribution in [-0.4, -0.2) is 21.9 Å². The average molecular weight is 409 g/mol. The molecule has 2 aliphatic rings. The fourth-order valence-corrected chi connectivity index (χ4v) is 4.31. The number of aromatic nitrogens is 2. The summed E-state index contributed by atoms with van der Waals surface area (Å²) in [4.78, 5) is 12.5. The molecule has 0 saturated heterocycles. The van der Waals surface area contributed by atoms with Crippen molar-refractivity contribution in [1.82, 2.24) is 9.78 Å². The van der Waals surface area contributed by atoms with Gasteiger partial charge in [0.1, 0.15) is 5.82 Å². The monoisotopic (exact) mass is 409 g/mol. The van der Waals surface area contributed by atoms with E-state index in [2.05, 4.69) is 10.4 Å². The van der Waals surface area contributed by atoms with E-state index in [0.717, 1.165) is 36.1 Å². The molecule has 2 aliphatic carbocycles. The van der Waals surface area contributed by atoms with Crippen molar-refractivity contribution in [1.29, 1.82) is 0 Å². The molecule has 1 amide bonds. The molecule has 4 rings (SSSR count). The number of nitrogens with zero attached hydrogens (tertiary/aromatic N) is 2. The van der Waals surface area contributed by atoms with Crippen LogP contribution < -0.4 is 5.32 Å². The second-order valence-corrected chi connectivity index (χ2v) is 8.23. The van der Waals surface area contributed by atoms with Crippen LogP contribution in [0, 0.1) is 11.2 Å². The van der Waals surface area contributed by atoms with Crippen molar-refractivity contribution in [3.05, 3.63) is 35.6 Å². The lowest BCUT2D eigenvalue weighted by Gasteiger charge is -2.42. The minimum Gasteiger partial charge on any atom is -0.309 e. The smallest absolute Gasteiger partial charge is 0.309 e. The molecule has 0 spiro atoms. The second-order valence-electron chi connectivity index (χ2n) is 8.23. The van der Waals surface area contributed by atoms with Gasteiger partial charge in [-0.2, -0.15) is 18.3 Å². The summed E-state index contributed by atoms with van der Waals surface area (Å²) in [6.45, 7) is 0. The Labute approximate surface area is 166 Å². The van der Waals surface area contributed by atoms with Crippen LogP contribution in [0.15, 0.2) is 24.3 Å². The molecule has 4 nitrogen and oxygen atoms in total. The van der Waals surface area contributed by atoms with Crippen molar-refractivity contribution in [2.24, 2.45) is 12.5 Å². The molecule has 2 saturated carbocycles. The molecule has 0 radical (unpaired) electrons. The number of rotatable bonds is 5. The van der Waals surface area contributed by atoms with E-state index in [1.54, 1.807) is 23.9 Å². The van der Waals surface area contributed by atoms with E-state index in [-0.39, 0.29) is 24.6 Å². The molecule has 1 aromatic heterocycles. The van der Waals surface area contributed by atoms with E-state index in [4.69, 9.17) is 0 Å². The summed E-state index contributed by atoms with van der Waals surface area (Å²) in [5.74, 6) is -0.517. The summed E-state index contributed by atoms with van der Waals surface area (Å²) in [5.41, 5.74) is 0.435. The minimum atomic E-state index is -4.39. The standard InChI is InChI=1S/C21H23F4N3O/c1-28-18(14-6-8-15(22)9-7-14)17(13-4-2-5-13)19(27-28)26-16(29)12-20(10-3-11-20)21(23,24)25/h6-9,13H,2-5,10-12H2,1H3,(H,26,27,29). The second kappa shape index (κ2) is 7.15. The first-order chi connectivity index (χ1) is 13.7. The summed E-state index contributed by atoms with van der Waals surface area (Å²) >= 11 is 0. The Morgan fingerprint density at radius 1 is 1.21 bits per heavy atom. The van der Waals surface area contributed by atoms with Gasteiger partial charge in [-0.3, -0.25) is 9.48 Å². The molecule has 0 unspecified atom stereocenters. The number of carbonyl (C=O) groups excluding carboxylic acids is 1. The zero-order valence-electron chi connectivity index (χ0n) is 16.2. The normalized spacial score (nSPS) is 18.8. The Balaban J connectivity index is 1.63. The van der Waals surface area contributed by atoms with Crippen LogP contribution in [0.3, 0.4) is 0 Å². The Morgan fingerprint density at radius 3 is 2.34 bits per heavy atom. The molecular weight excluding hydrogens is 386 g/mol. The molecule has 1 N–H and O–H groups in total. The van der Waals surface area contributed by atoms with Crippen molar-refractivity contribution in [3.8, 4) is 11.3 Å². The highest BCUT2D eigenvalue weighted by molar-refractivity contribution is 5.92. The topological polar surface area (TPSA) is 46.9 Å². The molecule has 2 fully saturated rings. The first-order valence-corrected chi connectivity index (χ1v) is 9.90. The third kappa shape index (κ3) is 3.53. The van der Waals surface area contributed by atoms with Crippen LogP contribution in [0.4, 0.5) is 23.4 Å². The maximum absolute atomic E-state index is 13.4. The summed E-state index contributed by atoms with van der Waals surface area (Å²) < 4.78 is 55.2. The SMILES string of the molecule is Cn1nc(NC(=O)CC2(C(F)(F)F)CCC2)c(C2CCC2)c1-c1ccc(F)cc1. The van der Waals surface area contributed by atoms with E-state index in [0.29, 0.717) is 12.2 Å². The van der Waals surface area contributed by atoms with Crippen molar-refractivity contribution in [2.45, 2.75) is 57.0 Å². The fourth-order valence-electron chi connectivity index (χ4n) is 4.31. The summed E-state index contributed by atoms with van der Waals surface area (Å²) in [6.07, 6.45) is -1.60. The predicted octanol–water partition coefficient (Wildman–Crippen LogP) is 5.55. The zero-order valence-corrected chi connectivity index (χ0v) is 16.2. The predicted molar refractivity (Wildman–Crippen MR) is 101 cm³/mol. The van der Waals surface area contributed by atoms with Gasteiger partial charge in [-0.05, 0) is 55.9 Å². The maximum Gasteiger partial charge on any atom is 0.395 e. The van der Waals surface area contributed by atoms with Crippen molar-refractivity contribution >= 4 is 11.7 Å². The lowest BCUT2D eigenvalue weighted by molar-refractivity contribution is -0.251.